The summed E-state index contributed by atoms with van der Waals surface area (Å²) in [7, 11) is 0. The molecule has 0 aliphatic heterocycles. The lowest BCUT2D eigenvalue weighted by Gasteiger charge is -1.96. The van der Waals surface area contributed by atoms with E-state index in [4.69, 9.17) is 5.11 Å². The van der Waals surface area contributed by atoms with Gasteiger partial charge in [0, 0.05) is 5.38 Å². The molecule has 0 spiro atoms. The average molecular weight is 230 g/mol. The molecule has 0 saturated heterocycles. The molecule has 1 heterocycles. The van der Waals surface area contributed by atoms with Gasteiger partial charge in [-0.15, -0.1) is 23.1 Å². The van der Waals surface area contributed by atoms with Crippen LogP contribution in [0.3, 0.4) is 0 Å². The Morgan fingerprint density at radius 1 is 1.57 bits per heavy atom. The summed E-state index contributed by atoms with van der Waals surface area (Å²) in [6.45, 7) is 2.18. The topological polar surface area (TPSA) is 37.3 Å². The van der Waals surface area contributed by atoms with E-state index in [1.165, 1.54) is 30.6 Å². The number of thiophene rings is 1. The van der Waals surface area contributed by atoms with E-state index in [0.29, 0.717) is 5.56 Å². The summed E-state index contributed by atoms with van der Waals surface area (Å²) in [5.74, 6) is 0.259. The molecule has 0 fully saturated rings. The molecule has 14 heavy (non-hydrogen) atoms. The van der Waals surface area contributed by atoms with Gasteiger partial charge in [-0.3, -0.25) is 0 Å². The van der Waals surface area contributed by atoms with Crippen LogP contribution >= 0.6 is 23.1 Å². The van der Waals surface area contributed by atoms with E-state index < -0.39 is 5.97 Å². The van der Waals surface area contributed by atoms with Gasteiger partial charge in [-0.25, -0.2) is 4.79 Å². The lowest BCUT2D eigenvalue weighted by atomic mass is 10.3. The second kappa shape index (κ2) is 6.09. The van der Waals surface area contributed by atoms with E-state index in [1.54, 1.807) is 23.2 Å². The summed E-state index contributed by atoms with van der Waals surface area (Å²) in [4.78, 5) is 10.6. The Labute approximate surface area is 92.3 Å². The normalized spacial score (nSPS) is 10.4. The first-order valence-electron chi connectivity index (χ1n) is 4.68. The number of carboxylic acid groups (broad SMARTS) is 1. The molecule has 0 aromatic carbocycles. The van der Waals surface area contributed by atoms with E-state index >= 15 is 0 Å². The first kappa shape index (κ1) is 11.6. The van der Waals surface area contributed by atoms with Crippen LogP contribution in [-0.4, -0.2) is 16.8 Å². The molecular formula is C10H14O2S2. The molecule has 4 heteroatoms. The van der Waals surface area contributed by atoms with Gasteiger partial charge in [0.15, 0.2) is 0 Å². The van der Waals surface area contributed by atoms with Gasteiger partial charge in [0.25, 0.3) is 0 Å². The smallest absolute Gasteiger partial charge is 0.336 e. The van der Waals surface area contributed by atoms with Gasteiger partial charge < -0.3 is 5.11 Å². The van der Waals surface area contributed by atoms with Crippen molar-refractivity contribution in [3.05, 3.63) is 17.0 Å². The molecule has 1 N–H and O–H groups in total. The Bertz CT molecular complexity index is 294. The van der Waals surface area contributed by atoms with Gasteiger partial charge in [-0.2, -0.15) is 0 Å². The zero-order valence-electron chi connectivity index (χ0n) is 8.16. The minimum atomic E-state index is -0.832. The summed E-state index contributed by atoms with van der Waals surface area (Å²) in [6.07, 6.45) is 3.69. The molecule has 0 saturated carbocycles. The van der Waals surface area contributed by atoms with Crippen molar-refractivity contribution < 1.29 is 9.90 Å². The van der Waals surface area contributed by atoms with Crippen molar-refractivity contribution in [3.63, 3.8) is 0 Å². The molecule has 0 unspecified atom stereocenters. The standard InChI is InChI=1S/C10H14O2S2/c1-2-3-4-5-13-9-6-8(7-14-9)10(11)12/h6-7H,2-5H2,1H3,(H,11,12). The number of thioether (sulfide) groups is 1. The van der Waals surface area contributed by atoms with Crippen LogP contribution in [-0.2, 0) is 0 Å². The fraction of sp³-hybridized carbons (Fsp3) is 0.500. The molecule has 0 amide bonds. The number of aromatic carboxylic acids is 1. The Balaban J connectivity index is 2.33. The van der Waals surface area contributed by atoms with Crippen LogP contribution in [0.5, 0.6) is 0 Å². The van der Waals surface area contributed by atoms with Crippen LogP contribution in [0.2, 0.25) is 0 Å². The van der Waals surface area contributed by atoms with E-state index in [0.717, 1.165) is 9.96 Å². The van der Waals surface area contributed by atoms with Crippen LogP contribution in [0.1, 0.15) is 36.5 Å². The van der Waals surface area contributed by atoms with Gasteiger partial charge in [0.2, 0.25) is 0 Å². The molecule has 0 radical (unpaired) electrons. The third-order valence-electron chi connectivity index (χ3n) is 1.81. The van der Waals surface area contributed by atoms with Crippen molar-refractivity contribution in [2.24, 2.45) is 0 Å². The molecule has 1 rings (SSSR count). The lowest BCUT2D eigenvalue weighted by molar-refractivity contribution is 0.0697. The zero-order valence-corrected chi connectivity index (χ0v) is 9.79. The second-order valence-electron chi connectivity index (χ2n) is 3.02. The van der Waals surface area contributed by atoms with Crippen molar-refractivity contribution in [2.75, 3.05) is 5.75 Å². The maximum Gasteiger partial charge on any atom is 0.336 e. The Hall–Kier alpha value is -0.480. The maximum atomic E-state index is 10.6. The summed E-state index contributed by atoms with van der Waals surface area (Å²) in [6, 6.07) is 1.75. The van der Waals surface area contributed by atoms with Crippen LogP contribution in [0.25, 0.3) is 0 Å². The van der Waals surface area contributed by atoms with Gasteiger partial charge >= 0.3 is 5.97 Å². The first-order valence-corrected chi connectivity index (χ1v) is 6.55. The van der Waals surface area contributed by atoms with Gasteiger partial charge in [-0.05, 0) is 18.2 Å². The monoisotopic (exact) mass is 230 g/mol. The fourth-order valence-corrected chi connectivity index (χ4v) is 3.06. The molecule has 0 aliphatic rings. The predicted octanol–water partition coefficient (Wildman–Crippen LogP) is 3.73. The van der Waals surface area contributed by atoms with Gasteiger partial charge in [-0.1, -0.05) is 19.8 Å². The van der Waals surface area contributed by atoms with E-state index in [-0.39, 0.29) is 0 Å². The van der Waals surface area contributed by atoms with Gasteiger partial charge in [0.05, 0.1) is 9.77 Å². The van der Waals surface area contributed by atoms with Crippen molar-refractivity contribution in [3.8, 4) is 0 Å². The summed E-state index contributed by atoms with van der Waals surface area (Å²) in [5, 5.41) is 10.4. The Morgan fingerprint density at radius 3 is 2.93 bits per heavy atom. The maximum absolute atomic E-state index is 10.6. The molecule has 0 atom stereocenters. The minimum Gasteiger partial charge on any atom is -0.478 e. The molecule has 78 valence electrons. The molecular weight excluding hydrogens is 216 g/mol. The first-order chi connectivity index (χ1) is 6.74. The number of hydrogen-bond acceptors (Lipinski definition) is 3. The van der Waals surface area contributed by atoms with Gasteiger partial charge in [0.1, 0.15) is 0 Å². The lowest BCUT2D eigenvalue weighted by Crippen LogP contribution is -1.91. The van der Waals surface area contributed by atoms with Crippen molar-refractivity contribution in [1.82, 2.24) is 0 Å². The zero-order chi connectivity index (χ0) is 10.4. The quantitative estimate of drug-likeness (QED) is 0.597. The summed E-state index contributed by atoms with van der Waals surface area (Å²) >= 11 is 3.27. The van der Waals surface area contributed by atoms with Crippen molar-refractivity contribution >= 4 is 29.1 Å². The highest BCUT2D eigenvalue weighted by atomic mass is 32.2. The van der Waals surface area contributed by atoms with Crippen molar-refractivity contribution in [2.45, 2.75) is 30.4 Å². The Morgan fingerprint density at radius 2 is 2.36 bits per heavy atom. The van der Waals surface area contributed by atoms with Crippen LogP contribution < -0.4 is 0 Å². The van der Waals surface area contributed by atoms with Crippen molar-refractivity contribution in [1.29, 1.82) is 0 Å². The van der Waals surface area contributed by atoms with Crippen LogP contribution in [0.15, 0.2) is 15.7 Å². The number of hydrogen-bond donors (Lipinski definition) is 1. The molecule has 1 aromatic heterocycles. The highest BCUT2D eigenvalue weighted by Gasteiger charge is 2.06. The fourth-order valence-electron chi connectivity index (χ4n) is 1.03. The SMILES string of the molecule is CCCCCSc1cc(C(=O)O)cs1. The molecule has 1 aromatic rings. The number of unbranched alkanes of at least 4 members (excludes halogenated alkanes) is 2. The molecule has 0 aliphatic carbocycles. The second-order valence-corrected chi connectivity index (χ2v) is 5.32. The largest absolute Gasteiger partial charge is 0.478 e. The summed E-state index contributed by atoms with van der Waals surface area (Å²) in [5.41, 5.74) is 0.410. The number of carbonyl (C=O) groups is 1. The van der Waals surface area contributed by atoms with Crippen LogP contribution in [0.4, 0.5) is 0 Å². The van der Waals surface area contributed by atoms with Crippen LogP contribution in [0, 0.1) is 0 Å². The summed E-state index contributed by atoms with van der Waals surface area (Å²) < 4.78 is 1.11. The number of rotatable bonds is 6. The Kier molecular flexibility index (Phi) is 5.04. The molecule has 2 nitrogen and oxygen atoms in total. The average Bonchev–Trinajstić information content (AvgIpc) is 2.61. The third kappa shape index (κ3) is 3.72. The third-order valence-corrected chi connectivity index (χ3v) is 4.07. The predicted molar refractivity (Wildman–Crippen MR) is 61.5 cm³/mol. The highest BCUT2D eigenvalue weighted by Crippen LogP contribution is 2.27. The molecule has 0 bridgehead atoms. The van der Waals surface area contributed by atoms with E-state index in [1.807, 2.05) is 0 Å². The minimum absolute atomic E-state index is 0.410. The highest BCUT2D eigenvalue weighted by molar-refractivity contribution is 8.01. The van der Waals surface area contributed by atoms with E-state index in [2.05, 4.69) is 6.92 Å². The number of carboxylic acids is 1. The van der Waals surface area contributed by atoms with E-state index in [9.17, 15) is 4.79 Å².